The highest BCUT2D eigenvalue weighted by Gasteiger charge is 2.31. The van der Waals surface area contributed by atoms with Crippen LogP contribution in [0.2, 0.25) is 0 Å². The highest BCUT2D eigenvalue weighted by molar-refractivity contribution is 5.82. The summed E-state index contributed by atoms with van der Waals surface area (Å²) in [5, 5.41) is 1.16. The van der Waals surface area contributed by atoms with Crippen molar-refractivity contribution in [2.75, 3.05) is 13.7 Å². The molecule has 1 saturated heterocycles. The number of fused-ring (bicyclic) bond motifs is 1. The Balaban J connectivity index is 1.87. The number of ether oxygens (including phenoxy) is 1. The van der Waals surface area contributed by atoms with Crippen molar-refractivity contribution in [3.8, 4) is 0 Å². The molecule has 1 aliphatic heterocycles. The zero-order valence-electron chi connectivity index (χ0n) is 11.6. The number of pyridine rings is 1. The maximum atomic E-state index is 11.8. The van der Waals surface area contributed by atoms with Crippen molar-refractivity contribution in [3.63, 3.8) is 0 Å². The highest BCUT2D eigenvalue weighted by Crippen LogP contribution is 2.24. The second-order valence-corrected chi connectivity index (χ2v) is 5.14. The van der Waals surface area contributed by atoms with Crippen LogP contribution in [0, 0.1) is 0 Å². The first-order valence-electron chi connectivity index (χ1n) is 6.94. The fourth-order valence-electron chi connectivity index (χ4n) is 2.93. The van der Waals surface area contributed by atoms with Crippen LogP contribution < -0.4 is 0 Å². The van der Waals surface area contributed by atoms with E-state index in [1.165, 1.54) is 12.7 Å². The van der Waals surface area contributed by atoms with E-state index in [1.54, 1.807) is 0 Å². The van der Waals surface area contributed by atoms with E-state index in [0.29, 0.717) is 0 Å². The molecule has 0 spiro atoms. The molecule has 1 atom stereocenters. The summed E-state index contributed by atoms with van der Waals surface area (Å²) in [5.41, 5.74) is 2.21. The molecule has 104 valence electrons. The number of aromatic nitrogens is 1. The molecule has 0 N–H and O–H groups in total. The Morgan fingerprint density at radius 2 is 2.25 bits per heavy atom. The van der Waals surface area contributed by atoms with E-state index in [0.717, 1.165) is 36.8 Å². The molecular weight excluding hydrogens is 252 g/mol. The SMILES string of the molecule is COC(=O)C1CCCN1Cc1ccnc2ccccc12. The minimum absolute atomic E-state index is 0.105. The van der Waals surface area contributed by atoms with Crippen LogP contribution in [0.25, 0.3) is 10.9 Å². The Labute approximate surface area is 118 Å². The van der Waals surface area contributed by atoms with Gasteiger partial charge in [-0.2, -0.15) is 0 Å². The van der Waals surface area contributed by atoms with Gasteiger partial charge in [0.15, 0.2) is 0 Å². The summed E-state index contributed by atoms with van der Waals surface area (Å²) in [7, 11) is 1.46. The van der Waals surface area contributed by atoms with E-state index in [9.17, 15) is 4.79 Å². The van der Waals surface area contributed by atoms with Crippen LogP contribution in [0.5, 0.6) is 0 Å². The zero-order chi connectivity index (χ0) is 13.9. The first-order valence-corrected chi connectivity index (χ1v) is 6.94. The van der Waals surface area contributed by atoms with Crippen molar-refractivity contribution in [1.82, 2.24) is 9.88 Å². The van der Waals surface area contributed by atoms with Gasteiger partial charge in [-0.15, -0.1) is 0 Å². The smallest absolute Gasteiger partial charge is 0.323 e. The predicted molar refractivity (Wildman–Crippen MR) is 77.2 cm³/mol. The Kier molecular flexibility index (Phi) is 3.65. The maximum Gasteiger partial charge on any atom is 0.323 e. The second kappa shape index (κ2) is 5.59. The van der Waals surface area contributed by atoms with E-state index in [4.69, 9.17) is 4.74 Å². The Morgan fingerprint density at radius 1 is 1.40 bits per heavy atom. The third-order valence-electron chi connectivity index (χ3n) is 3.95. The average Bonchev–Trinajstić information content (AvgIpc) is 2.95. The number of hydrogen-bond acceptors (Lipinski definition) is 4. The summed E-state index contributed by atoms with van der Waals surface area (Å²) in [6, 6.07) is 10.0. The number of hydrogen-bond donors (Lipinski definition) is 0. The normalized spacial score (nSPS) is 19.4. The fourth-order valence-corrected chi connectivity index (χ4v) is 2.93. The number of likely N-dealkylation sites (tertiary alicyclic amines) is 1. The fraction of sp³-hybridized carbons (Fsp3) is 0.375. The lowest BCUT2D eigenvalue weighted by Gasteiger charge is -2.22. The van der Waals surface area contributed by atoms with Crippen molar-refractivity contribution < 1.29 is 9.53 Å². The summed E-state index contributed by atoms with van der Waals surface area (Å²) in [5.74, 6) is -0.124. The van der Waals surface area contributed by atoms with Crippen LogP contribution in [-0.4, -0.2) is 35.5 Å². The van der Waals surface area contributed by atoms with Gasteiger partial charge in [-0.05, 0) is 37.1 Å². The van der Waals surface area contributed by atoms with Crippen molar-refractivity contribution in [1.29, 1.82) is 0 Å². The van der Waals surface area contributed by atoms with Gasteiger partial charge in [-0.3, -0.25) is 14.7 Å². The van der Waals surface area contributed by atoms with Gasteiger partial charge >= 0.3 is 5.97 Å². The molecule has 1 aromatic heterocycles. The lowest BCUT2D eigenvalue weighted by atomic mass is 10.1. The molecular formula is C16H18N2O2. The number of benzene rings is 1. The molecule has 20 heavy (non-hydrogen) atoms. The van der Waals surface area contributed by atoms with Gasteiger partial charge in [-0.25, -0.2) is 0 Å². The van der Waals surface area contributed by atoms with Gasteiger partial charge in [-0.1, -0.05) is 18.2 Å². The predicted octanol–water partition coefficient (Wildman–Crippen LogP) is 2.37. The molecule has 1 unspecified atom stereocenters. The van der Waals surface area contributed by atoms with Gasteiger partial charge in [0.05, 0.1) is 12.6 Å². The maximum absolute atomic E-state index is 11.8. The summed E-state index contributed by atoms with van der Waals surface area (Å²) in [6.45, 7) is 1.71. The van der Waals surface area contributed by atoms with Crippen molar-refractivity contribution in [3.05, 3.63) is 42.1 Å². The van der Waals surface area contributed by atoms with E-state index in [-0.39, 0.29) is 12.0 Å². The van der Waals surface area contributed by atoms with Crippen LogP contribution in [-0.2, 0) is 16.1 Å². The topological polar surface area (TPSA) is 42.4 Å². The Hall–Kier alpha value is -1.94. The number of esters is 1. The first-order chi connectivity index (χ1) is 9.79. The Bertz CT molecular complexity index is 621. The van der Waals surface area contributed by atoms with Gasteiger partial charge < -0.3 is 4.74 Å². The molecule has 0 aliphatic carbocycles. The minimum atomic E-state index is -0.124. The van der Waals surface area contributed by atoms with Crippen LogP contribution in [0.1, 0.15) is 18.4 Å². The van der Waals surface area contributed by atoms with E-state index < -0.39 is 0 Å². The molecule has 1 fully saturated rings. The van der Waals surface area contributed by atoms with Crippen LogP contribution in [0.3, 0.4) is 0 Å². The molecule has 0 saturated carbocycles. The van der Waals surface area contributed by atoms with E-state index in [2.05, 4.69) is 16.0 Å². The highest BCUT2D eigenvalue weighted by atomic mass is 16.5. The molecule has 4 heteroatoms. The number of carbonyl (C=O) groups excluding carboxylic acids is 1. The van der Waals surface area contributed by atoms with Crippen molar-refractivity contribution in [2.24, 2.45) is 0 Å². The molecule has 3 rings (SSSR count). The average molecular weight is 270 g/mol. The largest absolute Gasteiger partial charge is 0.468 e. The quantitative estimate of drug-likeness (QED) is 0.803. The molecule has 0 radical (unpaired) electrons. The molecule has 1 aromatic carbocycles. The molecule has 2 aromatic rings. The van der Waals surface area contributed by atoms with Crippen LogP contribution >= 0.6 is 0 Å². The van der Waals surface area contributed by atoms with Crippen molar-refractivity contribution >= 4 is 16.9 Å². The number of rotatable bonds is 3. The molecule has 1 aliphatic rings. The summed E-state index contributed by atoms with van der Waals surface area (Å²) >= 11 is 0. The number of methoxy groups -OCH3 is 1. The Morgan fingerprint density at radius 3 is 3.10 bits per heavy atom. The first kappa shape index (κ1) is 13.1. The summed E-state index contributed by atoms with van der Waals surface area (Å²) in [6.07, 6.45) is 3.76. The minimum Gasteiger partial charge on any atom is -0.468 e. The van der Waals surface area contributed by atoms with Crippen LogP contribution in [0.15, 0.2) is 36.5 Å². The second-order valence-electron chi connectivity index (χ2n) is 5.14. The molecule has 0 amide bonds. The van der Waals surface area contributed by atoms with Crippen molar-refractivity contribution in [2.45, 2.75) is 25.4 Å². The van der Waals surface area contributed by atoms with E-state index >= 15 is 0 Å². The molecule has 2 heterocycles. The summed E-state index contributed by atoms with van der Waals surface area (Å²) in [4.78, 5) is 18.4. The lowest BCUT2D eigenvalue weighted by Crippen LogP contribution is -2.36. The standard InChI is InChI=1S/C16H18N2O2/c1-20-16(19)15-7-4-10-18(15)11-12-8-9-17-14-6-3-2-5-13(12)14/h2-3,5-6,8-9,15H,4,7,10-11H2,1H3. The van der Waals surface area contributed by atoms with Gasteiger partial charge in [0.25, 0.3) is 0 Å². The monoisotopic (exact) mass is 270 g/mol. The third kappa shape index (κ3) is 2.39. The number of nitrogens with zero attached hydrogens (tertiary/aromatic N) is 2. The van der Waals surface area contributed by atoms with Gasteiger partial charge in [0.2, 0.25) is 0 Å². The summed E-state index contributed by atoms with van der Waals surface area (Å²) < 4.78 is 4.90. The number of carbonyl (C=O) groups is 1. The number of para-hydroxylation sites is 1. The van der Waals surface area contributed by atoms with Crippen LogP contribution in [0.4, 0.5) is 0 Å². The third-order valence-corrected chi connectivity index (χ3v) is 3.95. The zero-order valence-corrected chi connectivity index (χ0v) is 11.6. The lowest BCUT2D eigenvalue weighted by molar-refractivity contribution is -0.146. The van der Waals surface area contributed by atoms with Gasteiger partial charge in [0.1, 0.15) is 6.04 Å². The van der Waals surface area contributed by atoms with E-state index in [1.807, 2.05) is 30.5 Å². The van der Waals surface area contributed by atoms with Gasteiger partial charge in [0, 0.05) is 18.1 Å². The molecule has 4 nitrogen and oxygen atoms in total. The molecule has 0 bridgehead atoms.